The van der Waals surface area contributed by atoms with Crippen LogP contribution < -0.4 is 0 Å². The molecule has 1 nitrogen and oxygen atoms in total. The lowest BCUT2D eigenvalue weighted by Gasteiger charge is -2.22. The third kappa shape index (κ3) is 3.95. The van der Waals surface area contributed by atoms with Crippen LogP contribution in [0.3, 0.4) is 0 Å². The molecule has 0 saturated heterocycles. The summed E-state index contributed by atoms with van der Waals surface area (Å²) in [6.45, 7) is 1.90. The van der Waals surface area contributed by atoms with Gasteiger partial charge in [-0.25, -0.2) is 0 Å². The largest absolute Gasteiger partial charge is 0.389 e. The van der Waals surface area contributed by atoms with E-state index in [9.17, 15) is 5.11 Å². The van der Waals surface area contributed by atoms with Gasteiger partial charge in [0.1, 0.15) is 0 Å². The second-order valence-electron chi connectivity index (χ2n) is 4.54. The average Bonchev–Trinajstić information content (AvgIpc) is 2.63. The second-order valence-corrected chi connectivity index (χ2v) is 7.09. The summed E-state index contributed by atoms with van der Waals surface area (Å²) in [5.74, 6) is 0. The Morgan fingerprint density at radius 1 is 1.12 bits per heavy atom. The lowest BCUT2D eigenvalue weighted by molar-refractivity contribution is 0.0616. The summed E-state index contributed by atoms with van der Waals surface area (Å²) in [6.07, 6.45) is 1.38. The van der Waals surface area contributed by atoms with Gasteiger partial charge in [0.2, 0.25) is 0 Å². The van der Waals surface area contributed by atoms with Gasteiger partial charge in [-0.15, -0.1) is 11.3 Å². The maximum atomic E-state index is 10.4. The van der Waals surface area contributed by atoms with Crippen molar-refractivity contribution < 1.29 is 5.11 Å². The third-order valence-electron chi connectivity index (χ3n) is 2.61. The Bertz CT molecular complexity index is 476. The normalized spacial score (nSPS) is 14.5. The Kier molecular flexibility index (Phi) is 4.02. The van der Waals surface area contributed by atoms with Crippen molar-refractivity contribution in [2.75, 3.05) is 0 Å². The number of aliphatic hydroxyl groups is 1. The monoisotopic (exact) mass is 310 g/mol. The fraction of sp³-hybridized carbons (Fsp3) is 0.286. The molecule has 1 aromatic heterocycles. The molecule has 0 saturated carbocycles. The molecule has 17 heavy (non-hydrogen) atoms. The summed E-state index contributed by atoms with van der Waals surface area (Å²) in [6, 6.07) is 14.2. The molecule has 0 amide bonds. The van der Waals surface area contributed by atoms with E-state index in [1.807, 2.05) is 31.2 Å². The van der Waals surface area contributed by atoms with E-state index >= 15 is 0 Å². The van der Waals surface area contributed by atoms with Crippen molar-refractivity contribution >= 4 is 27.3 Å². The lowest BCUT2D eigenvalue weighted by atomic mass is 9.93. The molecule has 0 bridgehead atoms. The van der Waals surface area contributed by atoms with E-state index in [0.29, 0.717) is 12.8 Å². The first-order valence-electron chi connectivity index (χ1n) is 5.56. The molecule has 1 atom stereocenters. The number of halogens is 1. The first kappa shape index (κ1) is 12.8. The smallest absolute Gasteiger partial charge is 0.0707 e. The number of benzene rings is 1. The zero-order valence-electron chi connectivity index (χ0n) is 9.69. The summed E-state index contributed by atoms with van der Waals surface area (Å²) in [7, 11) is 0. The van der Waals surface area contributed by atoms with Crippen molar-refractivity contribution in [3.8, 4) is 0 Å². The van der Waals surface area contributed by atoms with Gasteiger partial charge >= 0.3 is 0 Å². The molecule has 0 aliphatic heterocycles. The first-order chi connectivity index (χ1) is 8.05. The van der Waals surface area contributed by atoms with E-state index in [1.54, 1.807) is 11.3 Å². The van der Waals surface area contributed by atoms with Crippen LogP contribution in [0.4, 0.5) is 0 Å². The van der Waals surface area contributed by atoms with Crippen LogP contribution in [0.25, 0.3) is 0 Å². The molecular formula is C14H15BrOS. The molecule has 1 N–H and O–H groups in total. The third-order valence-corrected chi connectivity index (χ3v) is 4.24. The highest BCUT2D eigenvalue weighted by atomic mass is 79.9. The van der Waals surface area contributed by atoms with Crippen molar-refractivity contribution in [1.29, 1.82) is 0 Å². The highest BCUT2D eigenvalue weighted by Crippen LogP contribution is 2.27. The van der Waals surface area contributed by atoms with Gasteiger partial charge in [-0.05, 0) is 40.5 Å². The molecule has 2 rings (SSSR count). The van der Waals surface area contributed by atoms with Gasteiger partial charge in [0, 0.05) is 17.7 Å². The molecular weight excluding hydrogens is 296 g/mol. The van der Waals surface area contributed by atoms with Crippen molar-refractivity contribution in [2.24, 2.45) is 0 Å². The van der Waals surface area contributed by atoms with Crippen molar-refractivity contribution in [2.45, 2.75) is 25.4 Å². The number of thiophene rings is 1. The second kappa shape index (κ2) is 5.34. The van der Waals surface area contributed by atoms with Crippen LogP contribution in [-0.2, 0) is 12.8 Å². The van der Waals surface area contributed by atoms with E-state index in [1.165, 1.54) is 10.4 Å². The van der Waals surface area contributed by atoms with Gasteiger partial charge in [-0.2, -0.15) is 0 Å². The molecule has 3 heteroatoms. The maximum Gasteiger partial charge on any atom is 0.0707 e. The summed E-state index contributed by atoms with van der Waals surface area (Å²) in [4.78, 5) is 1.21. The summed E-state index contributed by atoms with van der Waals surface area (Å²) < 4.78 is 1.11. The van der Waals surface area contributed by atoms with E-state index in [4.69, 9.17) is 0 Å². The van der Waals surface area contributed by atoms with E-state index < -0.39 is 5.60 Å². The zero-order valence-corrected chi connectivity index (χ0v) is 12.1. The minimum atomic E-state index is -0.689. The Morgan fingerprint density at radius 2 is 1.82 bits per heavy atom. The molecule has 0 aliphatic carbocycles. The van der Waals surface area contributed by atoms with Crippen LogP contribution in [0.15, 0.2) is 46.3 Å². The van der Waals surface area contributed by atoms with Crippen LogP contribution in [0.2, 0.25) is 0 Å². The lowest BCUT2D eigenvalue weighted by Crippen LogP contribution is -2.29. The molecule has 1 heterocycles. The molecule has 0 fully saturated rings. The van der Waals surface area contributed by atoms with Crippen molar-refractivity contribution in [3.63, 3.8) is 0 Å². The van der Waals surface area contributed by atoms with Crippen LogP contribution >= 0.6 is 27.3 Å². The molecule has 1 aromatic carbocycles. The SMILES string of the molecule is CC(O)(Cc1ccccc1)Cc1ccc(Br)s1. The van der Waals surface area contributed by atoms with Gasteiger partial charge in [0.25, 0.3) is 0 Å². The van der Waals surface area contributed by atoms with Gasteiger partial charge in [-0.3, -0.25) is 0 Å². The molecule has 0 aliphatic rings. The molecule has 0 radical (unpaired) electrons. The topological polar surface area (TPSA) is 20.2 Å². The van der Waals surface area contributed by atoms with Crippen LogP contribution in [0.5, 0.6) is 0 Å². The fourth-order valence-corrected chi connectivity index (χ4v) is 3.58. The van der Waals surface area contributed by atoms with Crippen molar-refractivity contribution in [3.05, 3.63) is 56.7 Å². The predicted octanol–water partition coefficient (Wildman–Crippen LogP) is 4.05. The summed E-state index contributed by atoms with van der Waals surface area (Å²) in [5.41, 5.74) is 0.485. The van der Waals surface area contributed by atoms with Crippen LogP contribution in [0.1, 0.15) is 17.4 Å². The number of rotatable bonds is 4. The van der Waals surface area contributed by atoms with Gasteiger partial charge in [-0.1, -0.05) is 30.3 Å². The highest BCUT2D eigenvalue weighted by Gasteiger charge is 2.22. The van der Waals surface area contributed by atoms with Gasteiger partial charge < -0.3 is 5.11 Å². The Labute approximate surface area is 114 Å². The van der Waals surface area contributed by atoms with E-state index in [0.717, 1.165) is 3.79 Å². The standard InChI is InChI=1S/C14H15BrOS/c1-14(16,9-11-5-3-2-4-6-11)10-12-7-8-13(15)17-12/h2-8,16H,9-10H2,1H3. The maximum absolute atomic E-state index is 10.4. The highest BCUT2D eigenvalue weighted by molar-refractivity contribution is 9.11. The minimum Gasteiger partial charge on any atom is -0.389 e. The van der Waals surface area contributed by atoms with E-state index in [2.05, 4.69) is 34.1 Å². The van der Waals surface area contributed by atoms with Gasteiger partial charge in [0.05, 0.1) is 9.39 Å². The Balaban J connectivity index is 2.04. The molecule has 2 aromatic rings. The van der Waals surface area contributed by atoms with Crippen LogP contribution in [0, 0.1) is 0 Å². The molecule has 0 spiro atoms. The molecule has 1 unspecified atom stereocenters. The van der Waals surface area contributed by atoms with E-state index in [-0.39, 0.29) is 0 Å². The number of hydrogen-bond acceptors (Lipinski definition) is 2. The Hall–Kier alpha value is -0.640. The Morgan fingerprint density at radius 3 is 2.41 bits per heavy atom. The van der Waals surface area contributed by atoms with Crippen molar-refractivity contribution in [1.82, 2.24) is 0 Å². The summed E-state index contributed by atoms with van der Waals surface area (Å²) >= 11 is 5.13. The number of hydrogen-bond donors (Lipinski definition) is 1. The first-order valence-corrected chi connectivity index (χ1v) is 7.17. The van der Waals surface area contributed by atoms with Gasteiger partial charge in [0.15, 0.2) is 0 Å². The zero-order chi connectivity index (χ0) is 12.3. The van der Waals surface area contributed by atoms with Crippen LogP contribution in [-0.4, -0.2) is 10.7 Å². The average molecular weight is 311 g/mol. The summed E-state index contributed by atoms with van der Waals surface area (Å²) in [5, 5.41) is 10.4. The minimum absolute atomic E-state index is 0.684. The predicted molar refractivity (Wildman–Crippen MR) is 76.5 cm³/mol. The molecule has 90 valence electrons. The quantitative estimate of drug-likeness (QED) is 0.903. The fourth-order valence-electron chi connectivity index (χ4n) is 1.92.